The lowest BCUT2D eigenvalue weighted by molar-refractivity contribution is -0.119. The number of rotatable bonds is 3. The molecular weight excluding hydrogens is 296 g/mol. The molecule has 22 heavy (non-hydrogen) atoms. The van der Waals surface area contributed by atoms with Gasteiger partial charge in [0.1, 0.15) is 5.75 Å². The summed E-state index contributed by atoms with van der Waals surface area (Å²) in [4.78, 5) is 16.5. The molecular formula is C17H16N2O2S. The van der Waals surface area contributed by atoms with Crippen LogP contribution in [-0.2, 0) is 4.79 Å². The minimum atomic E-state index is -0.00532. The van der Waals surface area contributed by atoms with Crippen molar-refractivity contribution in [1.29, 1.82) is 0 Å². The zero-order valence-electron chi connectivity index (χ0n) is 12.2. The van der Waals surface area contributed by atoms with Crippen LogP contribution in [-0.4, -0.2) is 18.2 Å². The van der Waals surface area contributed by atoms with Crippen LogP contribution in [0, 0.1) is 0 Å². The minimum Gasteiger partial charge on any atom is -0.497 e. The van der Waals surface area contributed by atoms with Crippen molar-refractivity contribution in [3.63, 3.8) is 0 Å². The van der Waals surface area contributed by atoms with Crippen LogP contribution in [0.5, 0.6) is 5.75 Å². The Morgan fingerprint density at radius 2 is 2.00 bits per heavy atom. The van der Waals surface area contributed by atoms with Gasteiger partial charge in [0, 0.05) is 17.7 Å². The molecule has 1 saturated heterocycles. The van der Waals surface area contributed by atoms with Crippen molar-refractivity contribution in [3.8, 4) is 5.75 Å². The van der Waals surface area contributed by atoms with E-state index in [0.29, 0.717) is 11.6 Å². The Bertz CT molecular complexity index is 701. The van der Waals surface area contributed by atoms with Gasteiger partial charge in [0.15, 0.2) is 5.17 Å². The van der Waals surface area contributed by atoms with Crippen LogP contribution in [0.25, 0.3) is 0 Å². The molecule has 2 aromatic rings. The summed E-state index contributed by atoms with van der Waals surface area (Å²) < 4.78 is 5.19. The molecule has 3 rings (SSSR count). The van der Waals surface area contributed by atoms with E-state index in [1.54, 1.807) is 18.9 Å². The third-order valence-corrected chi connectivity index (χ3v) is 4.47. The van der Waals surface area contributed by atoms with Crippen molar-refractivity contribution >= 4 is 28.5 Å². The van der Waals surface area contributed by atoms with Crippen LogP contribution in [0.4, 0.5) is 5.69 Å². The molecule has 1 atom stereocenters. The van der Waals surface area contributed by atoms with E-state index in [1.165, 1.54) is 0 Å². The summed E-state index contributed by atoms with van der Waals surface area (Å²) in [5, 5.41) is 3.56. The Morgan fingerprint density at radius 1 is 1.18 bits per heavy atom. The molecule has 1 amide bonds. The van der Waals surface area contributed by atoms with Gasteiger partial charge in [-0.2, -0.15) is 0 Å². The third-order valence-electron chi connectivity index (χ3n) is 3.33. The number of nitrogens with one attached hydrogen (secondary N) is 1. The fourth-order valence-corrected chi connectivity index (χ4v) is 3.38. The first-order valence-electron chi connectivity index (χ1n) is 6.99. The fourth-order valence-electron chi connectivity index (χ4n) is 2.25. The van der Waals surface area contributed by atoms with E-state index in [9.17, 15) is 4.79 Å². The SMILES string of the molecule is COc1cccc(N=C2NC(=O)C[C@@H](c3ccccc3)S2)c1. The van der Waals surface area contributed by atoms with Gasteiger partial charge in [0.2, 0.25) is 5.91 Å². The highest BCUT2D eigenvalue weighted by Crippen LogP contribution is 2.36. The summed E-state index contributed by atoms with van der Waals surface area (Å²) in [6, 6.07) is 17.5. The van der Waals surface area contributed by atoms with Gasteiger partial charge >= 0.3 is 0 Å². The average Bonchev–Trinajstić information content (AvgIpc) is 2.55. The number of amidine groups is 1. The van der Waals surface area contributed by atoms with Crippen molar-refractivity contribution in [3.05, 3.63) is 60.2 Å². The third kappa shape index (κ3) is 3.49. The Hall–Kier alpha value is -2.27. The maximum Gasteiger partial charge on any atom is 0.227 e. The van der Waals surface area contributed by atoms with Crippen LogP contribution in [0.15, 0.2) is 59.6 Å². The Balaban J connectivity index is 1.84. The largest absolute Gasteiger partial charge is 0.497 e. The van der Waals surface area contributed by atoms with Gasteiger partial charge < -0.3 is 10.1 Å². The normalized spacial score (nSPS) is 19.8. The van der Waals surface area contributed by atoms with Crippen molar-refractivity contribution < 1.29 is 9.53 Å². The molecule has 2 aromatic carbocycles. The zero-order chi connectivity index (χ0) is 15.4. The Labute approximate surface area is 133 Å². The first-order chi connectivity index (χ1) is 10.7. The molecule has 0 spiro atoms. The first-order valence-corrected chi connectivity index (χ1v) is 7.87. The summed E-state index contributed by atoms with van der Waals surface area (Å²) in [6.45, 7) is 0. The van der Waals surface area contributed by atoms with Gasteiger partial charge in [-0.1, -0.05) is 48.2 Å². The summed E-state index contributed by atoms with van der Waals surface area (Å²) in [7, 11) is 1.62. The van der Waals surface area contributed by atoms with Gasteiger partial charge in [-0.15, -0.1) is 0 Å². The number of nitrogens with zero attached hydrogens (tertiary/aromatic N) is 1. The summed E-state index contributed by atoms with van der Waals surface area (Å²) >= 11 is 1.57. The first kappa shape index (κ1) is 14.7. The summed E-state index contributed by atoms with van der Waals surface area (Å²) in [5.74, 6) is 0.739. The van der Waals surface area contributed by atoms with Crippen molar-refractivity contribution in [1.82, 2.24) is 5.32 Å². The highest BCUT2D eigenvalue weighted by atomic mass is 32.2. The van der Waals surface area contributed by atoms with Crippen LogP contribution in [0.2, 0.25) is 0 Å². The second kappa shape index (κ2) is 6.66. The minimum absolute atomic E-state index is 0.00532. The molecule has 0 radical (unpaired) electrons. The van der Waals surface area contributed by atoms with Gasteiger partial charge in [-0.25, -0.2) is 4.99 Å². The van der Waals surface area contributed by atoms with Crippen LogP contribution < -0.4 is 10.1 Å². The molecule has 1 heterocycles. The molecule has 1 fully saturated rings. The number of ether oxygens (including phenoxy) is 1. The number of methoxy groups -OCH3 is 1. The fraction of sp³-hybridized carbons (Fsp3) is 0.176. The standard InChI is InChI=1S/C17H16N2O2S/c1-21-14-9-5-8-13(10-14)18-17-19-16(20)11-15(22-17)12-6-3-2-4-7-12/h2-10,15H,11H2,1H3,(H,18,19,20)/t15-/m0/s1. The second-order valence-electron chi connectivity index (χ2n) is 4.89. The van der Waals surface area contributed by atoms with Gasteiger partial charge in [-0.05, 0) is 17.7 Å². The monoisotopic (exact) mass is 312 g/mol. The zero-order valence-corrected chi connectivity index (χ0v) is 13.0. The smallest absolute Gasteiger partial charge is 0.227 e. The molecule has 5 heteroatoms. The number of hydrogen-bond donors (Lipinski definition) is 1. The molecule has 1 N–H and O–H groups in total. The quantitative estimate of drug-likeness (QED) is 0.940. The van der Waals surface area contributed by atoms with E-state index in [1.807, 2.05) is 54.6 Å². The lowest BCUT2D eigenvalue weighted by Gasteiger charge is -2.23. The molecule has 0 bridgehead atoms. The number of hydrogen-bond acceptors (Lipinski definition) is 4. The topological polar surface area (TPSA) is 50.7 Å². The van der Waals surface area contributed by atoms with E-state index in [4.69, 9.17) is 4.74 Å². The molecule has 1 aliphatic heterocycles. The number of carbonyl (C=O) groups excluding carboxylic acids is 1. The second-order valence-corrected chi connectivity index (χ2v) is 6.08. The lowest BCUT2D eigenvalue weighted by atomic mass is 10.1. The van der Waals surface area contributed by atoms with Crippen molar-refractivity contribution in [2.75, 3.05) is 7.11 Å². The highest BCUT2D eigenvalue weighted by Gasteiger charge is 2.25. The highest BCUT2D eigenvalue weighted by molar-refractivity contribution is 8.14. The van der Waals surface area contributed by atoms with Crippen LogP contribution in [0.3, 0.4) is 0 Å². The van der Waals surface area contributed by atoms with E-state index in [0.717, 1.165) is 17.0 Å². The van der Waals surface area contributed by atoms with E-state index < -0.39 is 0 Å². The van der Waals surface area contributed by atoms with Gasteiger partial charge in [0.25, 0.3) is 0 Å². The molecule has 4 nitrogen and oxygen atoms in total. The summed E-state index contributed by atoms with van der Waals surface area (Å²) in [5.41, 5.74) is 1.90. The van der Waals surface area contributed by atoms with E-state index in [-0.39, 0.29) is 11.2 Å². The molecule has 0 aliphatic carbocycles. The number of aliphatic imine (C=N–C) groups is 1. The van der Waals surface area contributed by atoms with Crippen molar-refractivity contribution in [2.24, 2.45) is 4.99 Å². The Morgan fingerprint density at radius 3 is 2.77 bits per heavy atom. The van der Waals surface area contributed by atoms with Gasteiger partial charge in [-0.3, -0.25) is 4.79 Å². The van der Waals surface area contributed by atoms with E-state index >= 15 is 0 Å². The number of amides is 1. The lowest BCUT2D eigenvalue weighted by Crippen LogP contribution is -2.34. The maximum absolute atomic E-state index is 11.9. The average molecular weight is 312 g/mol. The molecule has 0 aromatic heterocycles. The molecule has 1 aliphatic rings. The number of carbonyl (C=O) groups is 1. The molecule has 0 unspecified atom stereocenters. The number of benzene rings is 2. The number of thioether (sulfide) groups is 1. The van der Waals surface area contributed by atoms with Crippen LogP contribution >= 0.6 is 11.8 Å². The molecule has 0 saturated carbocycles. The summed E-state index contributed by atoms with van der Waals surface area (Å²) in [6.07, 6.45) is 0.464. The Kier molecular flexibility index (Phi) is 4.44. The van der Waals surface area contributed by atoms with Crippen LogP contribution in [0.1, 0.15) is 17.2 Å². The predicted molar refractivity (Wildman–Crippen MR) is 89.6 cm³/mol. The molecule has 112 valence electrons. The van der Waals surface area contributed by atoms with Crippen molar-refractivity contribution in [2.45, 2.75) is 11.7 Å². The predicted octanol–water partition coefficient (Wildman–Crippen LogP) is 3.68. The van der Waals surface area contributed by atoms with Gasteiger partial charge in [0.05, 0.1) is 12.8 Å². The van der Waals surface area contributed by atoms with E-state index in [2.05, 4.69) is 10.3 Å². The maximum atomic E-state index is 11.9.